The number of methoxy groups -OCH3 is 1. The summed E-state index contributed by atoms with van der Waals surface area (Å²) in [6, 6.07) is 16.8. The van der Waals surface area contributed by atoms with Crippen LogP contribution in [-0.4, -0.2) is 18.7 Å². The average Bonchev–Trinajstić information content (AvgIpc) is 2.63. The summed E-state index contributed by atoms with van der Waals surface area (Å²) >= 11 is 0. The minimum Gasteiger partial charge on any atom is -0.497 e. The molecule has 0 aliphatic heterocycles. The van der Waals surface area contributed by atoms with Crippen LogP contribution in [-0.2, 0) is 0 Å². The van der Waals surface area contributed by atoms with Crippen LogP contribution in [0.5, 0.6) is 5.75 Å². The highest BCUT2D eigenvalue weighted by Gasteiger charge is 2.07. The molecule has 2 aromatic carbocycles. The van der Waals surface area contributed by atoms with Gasteiger partial charge in [0, 0.05) is 11.3 Å². The Morgan fingerprint density at radius 2 is 1.79 bits per heavy atom. The van der Waals surface area contributed by atoms with E-state index in [1.54, 1.807) is 67.8 Å². The van der Waals surface area contributed by atoms with Crippen molar-refractivity contribution in [1.82, 2.24) is 0 Å². The van der Waals surface area contributed by atoms with Crippen LogP contribution in [0.2, 0.25) is 0 Å². The highest BCUT2D eigenvalue weighted by molar-refractivity contribution is 6.10. The van der Waals surface area contributed by atoms with E-state index in [0.717, 1.165) is 0 Å². The molecule has 0 radical (unpaired) electrons. The minimum absolute atomic E-state index is 0.298. The fourth-order valence-corrected chi connectivity index (χ4v) is 1.80. The molecule has 1 amide bonds. The predicted octanol–water partition coefficient (Wildman–Crippen LogP) is 2.76. The topological polar surface area (TPSA) is 110 Å². The second-order valence-electron chi connectivity index (χ2n) is 4.56. The van der Waals surface area contributed by atoms with Crippen LogP contribution in [0, 0.1) is 22.7 Å². The number of nitrogens with zero attached hydrogens (tertiary/aromatic N) is 3. The molecular formula is C17H13N5O2. The standard InChI is InChI=1S/C17H13N5O2/c1-24-16-7-5-13(6-8-16)20-17(23)12-3-2-4-14(9-12)21-22-15(10-18)11-19/h2-9,21H,1H3,(H,20,23). The summed E-state index contributed by atoms with van der Waals surface area (Å²) in [6.45, 7) is 0. The van der Waals surface area contributed by atoms with Gasteiger partial charge in [0.15, 0.2) is 0 Å². The van der Waals surface area contributed by atoms with Crippen LogP contribution in [0.3, 0.4) is 0 Å². The van der Waals surface area contributed by atoms with Crippen LogP contribution in [0.4, 0.5) is 11.4 Å². The normalized spacial score (nSPS) is 9.12. The Labute approximate surface area is 138 Å². The minimum atomic E-state index is -0.303. The first-order valence-corrected chi connectivity index (χ1v) is 6.85. The number of hydrogen-bond acceptors (Lipinski definition) is 6. The van der Waals surface area contributed by atoms with Gasteiger partial charge in [-0.2, -0.15) is 15.6 Å². The molecule has 0 unspecified atom stereocenters. The number of hydrogen-bond donors (Lipinski definition) is 2. The molecule has 7 nitrogen and oxygen atoms in total. The third-order valence-corrected chi connectivity index (χ3v) is 2.98. The summed E-state index contributed by atoms with van der Waals surface area (Å²) in [4.78, 5) is 12.3. The fourth-order valence-electron chi connectivity index (χ4n) is 1.80. The van der Waals surface area contributed by atoms with Crippen molar-refractivity contribution in [2.24, 2.45) is 5.10 Å². The highest BCUT2D eigenvalue weighted by Crippen LogP contribution is 2.17. The molecule has 2 aromatic rings. The van der Waals surface area contributed by atoms with Gasteiger partial charge in [-0.05, 0) is 42.5 Å². The molecule has 0 aliphatic rings. The Bertz CT molecular complexity index is 829. The summed E-state index contributed by atoms with van der Waals surface area (Å²) in [5, 5.41) is 23.7. The Morgan fingerprint density at radius 3 is 2.42 bits per heavy atom. The van der Waals surface area contributed by atoms with Crippen molar-refractivity contribution in [3.05, 3.63) is 54.1 Å². The first-order valence-electron chi connectivity index (χ1n) is 6.85. The lowest BCUT2D eigenvalue weighted by atomic mass is 10.2. The lowest BCUT2D eigenvalue weighted by Crippen LogP contribution is -2.12. The number of rotatable bonds is 5. The molecule has 0 atom stereocenters. The number of amides is 1. The number of nitrogens with one attached hydrogen (secondary N) is 2. The number of hydrazone groups is 1. The average molecular weight is 319 g/mol. The lowest BCUT2D eigenvalue weighted by molar-refractivity contribution is 0.102. The zero-order chi connectivity index (χ0) is 17.4. The molecule has 7 heteroatoms. The maximum atomic E-state index is 12.3. The van der Waals surface area contributed by atoms with Crippen molar-refractivity contribution in [2.45, 2.75) is 0 Å². The molecule has 0 saturated heterocycles. The Balaban J connectivity index is 2.10. The molecule has 24 heavy (non-hydrogen) atoms. The monoisotopic (exact) mass is 319 g/mol. The lowest BCUT2D eigenvalue weighted by Gasteiger charge is -2.07. The van der Waals surface area contributed by atoms with Crippen molar-refractivity contribution >= 4 is 23.0 Å². The van der Waals surface area contributed by atoms with E-state index < -0.39 is 0 Å². The van der Waals surface area contributed by atoms with Crippen LogP contribution in [0.1, 0.15) is 10.4 Å². The Kier molecular flexibility index (Phi) is 5.49. The second kappa shape index (κ2) is 7.97. The van der Waals surface area contributed by atoms with Gasteiger partial charge in [-0.1, -0.05) is 6.07 Å². The first-order chi connectivity index (χ1) is 11.7. The van der Waals surface area contributed by atoms with Gasteiger partial charge in [-0.3, -0.25) is 10.2 Å². The van der Waals surface area contributed by atoms with Crippen molar-refractivity contribution in [2.75, 3.05) is 17.9 Å². The summed E-state index contributed by atoms with van der Waals surface area (Å²) in [5.41, 5.74) is 3.79. The molecule has 2 rings (SSSR count). The van der Waals surface area contributed by atoms with E-state index in [4.69, 9.17) is 15.3 Å². The van der Waals surface area contributed by atoms with Crippen molar-refractivity contribution < 1.29 is 9.53 Å². The predicted molar refractivity (Wildman–Crippen MR) is 89.7 cm³/mol. The van der Waals surface area contributed by atoms with Gasteiger partial charge < -0.3 is 10.1 Å². The summed E-state index contributed by atoms with van der Waals surface area (Å²) in [6.07, 6.45) is 0. The molecule has 118 valence electrons. The molecule has 0 fully saturated rings. The Morgan fingerprint density at radius 1 is 1.08 bits per heavy atom. The SMILES string of the molecule is COc1ccc(NC(=O)c2cccc(NN=C(C#N)C#N)c2)cc1. The van der Waals surface area contributed by atoms with Crippen LogP contribution >= 0.6 is 0 Å². The van der Waals surface area contributed by atoms with Crippen LogP contribution in [0.25, 0.3) is 0 Å². The van der Waals surface area contributed by atoms with Gasteiger partial charge in [0.25, 0.3) is 5.91 Å². The van der Waals surface area contributed by atoms with Gasteiger partial charge in [0.05, 0.1) is 12.8 Å². The third kappa shape index (κ3) is 4.33. The van der Waals surface area contributed by atoms with Crippen molar-refractivity contribution in [1.29, 1.82) is 10.5 Å². The number of ether oxygens (including phenoxy) is 1. The summed E-state index contributed by atoms with van der Waals surface area (Å²) in [7, 11) is 1.57. The van der Waals surface area contributed by atoms with Gasteiger partial charge in [0.1, 0.15) is 17.9 Å². The van der Waals surface area contributed by atoms with E-state index >= 15 is 0 Å². The van der Waals surface area contributed by atoms with E-state index in [0.29, 0.717) is 22.7 Å². The number of anilines is 2. The third-order valence-electron chi connectivity index (χ3n) is 2.98. The van der Waals surface area contributed by atoms with Gasteiger partial charge in [-0.25, -0.2) is 0 Å². The fraction of sp³-hybridized carbons (Fsp3) is 0.0588. The Hall–Kier alpha value is -3.84. The van der Waals surface area contributed by atoms with E-state index in [9.17, 15) is 4.79 Å². The van der Waals surface area contributed by atoms with E-state index in [1.807, 2.05) is 0 Å². The smallest absolute Gasteiger partial charge is 0.255 e. The second-order valence-corrected chi connectivity index (χ2v) is 4.56. The van der Waals surface area contributed by atoms with E-state index in [-0.39, 0.29) is 11.6 Å². The molecule has 0 aliphatic carbocycles. The maximum absolute atomic E-state index is 12.3. The quantitative estimate of drug-likeness (QED) is 0.650. The molecular weight excluding hydrogens is 306 g/mol. The number of nitriles is 2. The van der Waals surface area contributed by atoms with Crippen molar-refractivity contribution in [3.63, 3.8) is 0 Å². The number of carbonyl (C=O) groups excluding carboxylic acids is 1. The van der Waals surface area contributed by atoms with Crippen LogP contribution in [0.15, 0.2) is 53.6 Å². The number of benzene rings is 2. The molecule has 0 heterocycles. The first kappa shape index (κ1) is 16.5. The zero-order valence-electron chi connectivity index (χ0n) is 12.8. The highest BCUT2D eigenvalue weighted by atomic mass is 16.5. The molecule has 2 N–H and O–H groups in total. The van der Waals surface area contributed by atoms with Gasteiger partial charge >= 0.3 is 0 Å². The molecule has 0 saturated carbocycles. The van der Waals surface area contributed by atoms with Gasteiger partial charge in [-0.15, -0.1) is 0 Å². The molecule has 0 bridgehead atoms. The van der Waals surface area contributed by atoms with Crippen LogP contribution < -0.4 is 15.5 Å². The number of carbonyl (C=O) groups is 1. The zero-order valence-corrected chi connectivity index (χ0v) is 12.8. The largest absolute Gasteiger partial charge is 0.497 e. The van der Waals surface area contributed by atoms with E-state index in [2.05, 4.69) is 15.8 Å². The molecule has 0 spiro atoms. The maximum Gasteiger partial charge on any atom is 0.255 e. The van der Waals surface area contributed by atoms with Crippen molar-refractivity contribution in [3.8, 4) is 17.9 Å². The summed E-state index contributed by atoms with van der Waals surface area (Å²) in [5.74, 6) is 0.399. The van der Waals surface area contributed by atoms with E-state index in [1.165, 1.54) is 0 Å². The summed E-state index contributed by atoms with van der Waals surface area (Å²) < 4.78 is 5.06. The van der Waals surface area contributed by atoms with Gasteiger partial charge in [0.2, 0.25) is 5.71 Å². The molecule has 0 aromatic heterocycles.